The number of aromatic nitrogens is 4. The normalized spacial score (nSPS) is 15.2. The summed E-state index contributed by atoms with van der Waals surface area (Å²) in [4.78, 5) is 11.6. The summed E-state index contributed by atoms with van der Waals surface area (Å²) in [6.07, 6.45) is 7.51. The Balaban J connectivity index is 1.31. The van der Waals surface area contributed by atoms with Crippen LogP contribution in [0.25, 0.3) is 5.65 Å². The van der Waals surface area contributed by atoms with Gasteiger partial charge in [-0.15, -0.1) is 0 Å². The fraction of sp³-hybridized carbons (Fsp3) is 0.292. The molecule has 0 atom stereocenters. The molecule has 0 aliphatic carbocycles. The molecular formula is C24H23BrCl2N6. The molecule has 0 unspecified atom stereocenters. The molecule has 3 aromatic heterocycles. The lowest BCUT2D eigenvalue weighted by Crippen LogP contribution is -2.32. The second-order valence-electron chi connectivity index (χ2n) is 8.27. The maximum absolute atomic E-state index is 6.40. The minimum Gasteiger partial charge on any atom is -0.366 e. The molecule has 1 aliphatic rings. The van der Waals surface area contributed by atoms with Crippen molar-refractivity contribution in [3.05, 3.63) is 86.3 Å². The van der Waals surface area contributed by atoms with Crippen molar-refractivity contribution < 1.29 is 0 Å². The Hall–Kier alpha value is -2.19. The Morgan fingerprint density at radius 3 is 2.73 bits per heavy atom. The van der Waals surface area contributed by atoms with E-state index in [1.165, 1.54) is 0 Å². The molecule has 170 valence electrons. The van der Waals surface area contributed by atoms with Crippen molar-refractivity contribution in [2.24, 2.45) is 0 Å². The van der Waals surface area contributed by atoms with E-state index in [0.29, 0.717) is 22.5 Å². The van der Waals surface area contributed by atoms with E-state index < -0.39 is 0 Å². The van der Waals surface area contributed by atoms with Crippen molar-refractivity contribution in [2.45, 2.75) is 31.8 Å². The zero-order valence-corrected chi connectivity index (χ0v) is 21.0. The number of hydrogen-bond acceptors (Lipinski definition) is 5. The lowest BCUT2D eigenvalue weighted by atomic mass is 9.93. The average molecular weight is 546 g/mol. The van der Waals surface area contributed by atoms with E-state index in [9.17, 15) is 0 Å². The van der Waals surface area contributed by atoms with Crippen LogP contribution in [0.1, 0.15) is 35.6 Å². The lowest BCUT2D eigenvalue weighted by molar-refractivity contribution is 0.203. The summed E-state index contributed by atoms with van der Waals surface area (Å²) in [5.41, 5.74) is 4.11. The van der Waals surface area contributed by atoms with Gasteiger partial charge in [0.2, 0.25) is 0 Å². The van der Waals surface area contributed by atoms with Gasteiger partial charge in [-0.25, -0.2) is 4.98 Å². The minimum atomic E-state index is 0.391. The standard InChI is InChI=1S/C24H23BrCl2N6/c25-19-14-30-33-22(29-13-16-3-2-8-28-12-16)11-21(31-24(19)33)17-6-9-32(10-7-17)15-18-4-1-5-20(26)23(18)27/h1-5,8,11-12,14,17,29H,6-7,9-10,13,15H2. The second-order valence-corrected chi connectivity index (χ2v) is 9.91. The number of piperidine rings is 1. The van der Waals surface area contributed by atoms with Gasteiger partial charge in [0.05, 0.1) is 20.7 Å². The first-order chi connectivity index (χ1) is 16.1. The summed E-state index contributed by atoms with van der Waals surface area (Å²) < 4.78 is 2.74. The summed E-state index contributed by atoms with van der Waals surface area (Å²) in [7, 11) is 0. The van der Waals surface area contributed by atoms with E-state index in [1.807, 2.05) is 35.0 Å². The highest BCUT2D eigenvalue weighted by Crippen LogP contribution is 2.32. The third kappa shape index (κ3) is 5.01. The molecule has 0 radical (unpaired) electrons. The van der Waals surface area contributed by atoms with E-state index in [0.717, 1.165) is 65.2 Å². The van der Waals surface area contributed by atoms with Crippen molar-refractivity contribution in [2.75, 3.05) is 18.4 Å². The highest BCUT2D eigenvalue weighted by atomic mass is 79.9. The van der Waals surface area contributed by atoms with Gasteiger partial charge in [0.1, 0.15) is 5.82 Å². The molecule has 4 aromatic rings. The molecular weight excluding hydrogens is 523 g/mol. The number of likely N-dealkylation sites (tertiary alicyclic amines) is 1. The van der Waals surface area contributed by atoms with Gasteiger partial charge in [0.25, 0.3) is 0 Å². The van der Waals surface area contributed by atoms with Gasteiger partial charge in [0.15, 0.2) is 5.65 Å². The SMILES string of the molecule is Clc1cccc(CN2CCC(c3cc(NCc4cccnc4)n4ncc(Br)c4n3)CC2)c1Cl. The third-order valence-corrected chi connectivity index (χ3v) is 7.49. The molecule has 1 aromatic carbocycles. The minimum absolute atomic E-state index is 0.391. The fourth-order valence-corrected chi connectivity index (χ4v) is 5.01. The molecule has 4 heterocycles. The Morgan fingerprint density at radius 1 is 1.09 bits per heavy atom. The predicted molar refractivity (Wildman–Crippen MR) is 136 cm³/mol. The van der Waals surface area contributed by atoms with Crippen LogP contribution in [0.5, 0.6) is 0 Å². The number of halogens is 3. The zero-order valence-electron chi connectivity index (χ0n) is 17.9. The van der Waals surface area contributed by atoms with Gasteiger partial charge >= 0.3 is 0 Å². The maximum Gasteiger partial charge on any atom is 0.171 e. The van der Waals surface area contributed by atoms with E-state index >= 15 is 0 Å². The van der Waals surface area contributed by atoms with Crippen LogP contribution >= 0.6 is 39.1 Å². The molecule has 0 amide bonds. The van der Waals surface area contributed by atoms with Crippen molar-refractivity contribution in [3.8, 4) is 0 Å². The molecule has 1 aliphatic heterocycles. The number of nitrogens with one attached hydrogen (secondary N) is 1. The third-order valence-electron chi connectivity index (χ3n) is 6.08. The van der Waals surface area contributed by atoms with Gasteiger partial charge in [-0.3, -0.25) is 9.88 Å². The van der Waals surface area contributed by atoms with Crippen LogP contribution in [0.2, 0.25) is 10.0 Å². The summed E-state index contributed by atoms with van der Waals surface area (Å²) in [5.74, 6) is 1.32. The molecule has 0 bridgehead atoms. The van der Waals surface area contributed by atoms with Gasteiger partial charge in [0, 0.05) is 43.2 Å². The van der Waals surface area contributed by atoms with Crippen LogP contribution < -0.4 is 5.32 Å². The largest absolute Gasteiger partial charge is 0.366 e. The molecule has 33 heavy (non-hydrogen) atoms. The smallest absolute Gasteiger partial charge is 0.171 e. The monoisotopic (exact) mass is 544 g/mol. The fourth-order valence-electron chi connectivity index (χ4n) is 4.28. The molecule has 0 spiro atoms. The van der Waals surface area contributed by atoms with Crippen molar-refractivity contribution in [3.63, 3.8) is 0 Å². The van der Waals surface area contributed by atoms with Crippen LogP contribution in [0.3, 0.4) is 0 Å². The molecule has 9 heteroatoms. The first-order valence-electron chi connectivity index (χ1n) is 10.9. The number of rotatable bonds is 6. The van der Waals surface area contributed by atoms with Gasteiger partial charge in [-0.1, -0.05) is 41.4 Å². The maximum atomic E-state index is 6.40. The van der Waals surface area contributed by atoms with E-state index in [4.69, 9.17) is 28.2 Å². The quantitative estimate of drug-likeness (QED) is 0.313. The van der Waals surface area contributed by atoms with Crippen molar-refractivity contribution in [1.82, 2.24) is 24.5 Å². The molecule has 6 nitrogen and oxygen atoms in total. The van der Waals surface area contributed by atoms with Crippen LogP contribution in [-0.2, 0) is 13.1 Å². The van der Waals surface area contributed by atoms with Gasteiger partial charge < -0.3 is 5.32 Å². The van der Waals surface area contributed by atoms with Crippen LogP contribution in [0.15, 0.2) is 59.5 Å². The predicted octanol–water partition coefficient (Wildman–Crippen LogP) is 6.19. The van der Waals surface area contributed by atoms with E-state index in [1.54, 1.807) is 12.4 Å². The summed E-state index contributed by atoms with van der Waals surface area (Å²) >= 11 is 16.2. The van der Waals surface area contributed by atoms with Crippen LogP contribution in [0, 0.1) is 0 Å². The molecule has 1 fully saturated rings. The highest BCUT2D eigenvalue weighted by Gasteiger charge is 2.24. The van der Waals surface area contributed by atoms with E-state index in [2.05, 4.69) is 48.4 Å². The molecule has 5 rings (SSSR count). The summed E-state index contributed by atoms with van der Waals surface area (Å²) in [6, 6.07) is 12.0. The van der Waals surface area contributed by atoms with Gasteiger partial charge in [-0.05, 0) is 65.1 Å². The molecule has 1 saturated heterocycles. The lowest BCUT2D eigenvalue weighted by Gasteiger charge is -2.32. The Bertz CT molecular complexity index is 1250. The Kier molecular flexibility index (Phi) is 6.83. The topological polar surface area (TPSA) is 58.4 Å². The Morgan fingerprint density at radius 2 is 1.94 bits per heavy atom. The average Bonchev–Trinajstić information content (AvgIpc) is 3.22. The molecule has 1 N–H and O–H groups in total. The number of pyridine rings is 1. The van der Waals surface area contributed by atoms with Crippen LogP contribution in [-0.4, -0.2) is 37.6 Å². The number of nitrogens with zero attached hydrogens (tertiary/aromatic N) is 5. The van der Waals surface area contributed by atoms with Crippen molar-refractivity contribution in [1.29, 1.82) is 0 Å². The zero-order chi connectivity index (χ0) is 22.8. The van der Waals surface area contributed by atoms with Gasteiger partial charge in [-0.2, -0.15) is 9.61 Å². The number of fused-ring (bicyclic) bond motifs is 1. The summed E-state index contributed by atoms with van der Waals surface area (Å²) in [5, 5.41) is 9.27. The Labute approximate surface area is 211 Å². The number of anilines is 1. The second kappa shape index (κ2) is 9.97. The van der Waals surface area contributed by atoms with E-state index in [-0.39, 0.29) is 0 Å². The highest BCUT2D eigenvalue weighted by molar-refractivity contribution is 9.10. The molecule has 0 saturated carbocycles. The number of hydrogen-bond donors (Lipinski definition) is 1. The first kappa shape index (κ1) is 22.6. The van der Waals surface area contributed by atoms with Crippen molar-refractivity contribution >= 4 is 50.6 Å². The van der Waals surface area contributed by atoms with Crippen LogP contribution in [0.4, 0.5) is 5.82 Å². The first-order valence-corrected chi connectivity index (χ1v) is 12.5. The summed E-state index contributed by atoms with van der Waals surface area (Å²) in [6.45, 7) is 3.45. The number of benzene rings is 1.